The van der Waals surface area contributed by atoms with Crippen LogP contribution in [0.15, 0.2) is 0 Å². The molecule has 0 spiro atoms. The van der Waals surface area contributed by atoms with E-state index in [1.54, 1.807) is 55.4 Å². The van der Waals surface area contributed by atoms with Gasteiger partial charge in [0, 0.05) is 45.2 Å². The van der Waals surface area contributed by atoms with Crippen molar-refractivity contribution >= 4 is 118 Å². The standard InChI is InChI=1S/C67H112N20O21/c1-10-34(7)54(84-52(95)31-75-57(97)37(16-21-45(68)88)78-51(94)30-74-50(93)29-76-62(102)53(73)33(5)6)64(104)85-55(35(8)11-2)63(103)82-41(20-25-49(72)92)66(106)87-27-13-15-44(87)61(101)80-39(18-23-47(70)90)58(98)81-40(19-24-48(71)91)65(105)86-26-12-14-43(86)60(100)77-36(9)56(96)79-38(17-22-46(69)89)59(99)83-42(67(107)108)28-32(3)4/h32-44,53-55H,10-31,73H2,1-9H3,(H2,68,88)(H2,69,89)(H2,70,90)(H2,71,91)(H2,72,92)(H,74,93)(H,75,97)(H,76,102)(H,77,100)(H,78,94)(H,79,96)(H,80,101)(H,81,98)(H,82,103)(H,83,99)(H,84,95)(H,85,104)(H,107,108)/t34-,35-,36-,37-,38-,39-,40-,41-,42-,43-,44-,53-,54-,55-/m0/s1. The van der Waals surface area contributed by atoms with Gasteiger partial charge in [0.05, 0.1) is 25.7 Å². The molecule has 19 amide bonds. The smallest absolute Gasteiger partial charge is 0.326 e. The predicted octanol–water partition coefficient (Wildman–Crippen LogP) is -7.77. The van der Waals surface area contributed by atoms with E-state index in [0.29, 0.717) is 0 Å². The van der Waals surface area contributed by atoms with Gasteiger partial charge in [-0.3, -0.25) is 91.1 Å². The normalized spacial score (nSPS) is 17.3. The van der Waals surface area contributed by atoms with Crippen molar-refractivity contribution in [2.75, 3.05) is 32.7 Å². The molecule has 0 aromatic rings. The molecule has 2 saturated heterocycles. The van der Waals surface area contributed by atoms with Crippen LogP contribution in [0, 0.1) is 23.7 Å². The van der Waals surface area contributed by atoms with Crippen molar-refractivity contribution in [1.29, 1.82) is 0 Å². The highest BCUT2D eigenvalue weighted by atomic mass is 16.4. The minimum absolute atomic E-state index is 0.0219. The molecule has 0 aliphatic carbocycles. The number of nitrogens with zero attached hydrogens (tertiary/aromatic N) is 2. The number of carboxylic acids is 1. The van der Waals surface area contributed by atoms with Crippen molar-refractivity contribution < 1.29 is 101 Å². The summed E-state index contributed by atoms with van der Waals surface area (Å²) in [6, 6.07) is -17.1. The zero-order chi connectivity index (χ0) is 82.0. The van der Waals surface area contributed by atoms with Gasteiger partial charge in [-0.2, -0.15) is 0 Å². The lowest BCUT2D eigenvalue weighted by Gasteiger charge is -2.32. The molecule has 0 aromatic carbocycles. The first-order valence-corrected chi connectivity index (χ1v) is 36.1. The van der Waals surface area contributed by atoms with E-state index >= 15 is 0 Å². The summed E-state index contributed by atoms with van der Waals surface area (Å²) in [5, 5.41) is 39.0. The first kappa shape index (κ1) is 93.4. The average molecular weight is 1530 g/mol. The highest BCUT2D eigenvalue weighted by Gasteiger charge is 2.43. The summed E-state index contributed by atoms with van der Waals surface area (Å²) in [6.45, 7) is 12.5. The predicted molar refractivity (Wildman–Crippen MR) is 383 cm³/mol. The lowest BCUT2D eigenvalue weighted by atomic mass is 9.94. The summed E-state index contributed by atoms with van der Waals surface area (Å²) in [6.07, 6.45) is -3.50. The van der Waals surface area contributed by atoms with Crippen molar-refractivity contribution in [2.45, 2.75) is 244 Å². The van der Waals surface area contributed by atoms with E-state index in [0.717, 1.165) is 9.80 Å². The van der Waals surface area contributed by atoms with Crippen molar-refractivity contribution in [3.63, 3.8) is 0 Å². The fraction of sp³-hybridized carbons (Fsp3) is 0.701. The minimum Gasteiger partial charge on any atom is -0.480 e. The number of hydrogen-bond acceptors (Lipinski definition) is 21. The van der Waals surface area contributed by atoms with Gasteiger partial charge < -0.3 is 113 Å². The molecule has 2 aliphatic rings. The number of nitrogens with one attached hydrogen (secondary N) is 12. The molecule has 2 heterocycles. The Balaban J connectivity index is 2.37. The summed E-state index contributed by atoms with van der Waals surface area (Å²) in [5.74, 6) is -20.2. The van der Waals surface area contributed by atoms with Gasteiger partial charge in [-0.15, -0.1) is 0 Å². The van der Waals surface area contributed by atoms with Crippen molar-refractivity contribution in [3.05, 3.63) is 0 Å². The molecule has 0 saturated carbocycles. The molecule has 2 aliphatic heterocycles. The monoisotopic (exact) mass is 1530 g/mol. The highest BCUT2D eigenvalue weighted by molar-refractivity contribution is 6.01. The van der Waals surface area contributed by atoms with Gasteiger partial charge in [0.25, 0.3) is 0 Å². The van der Waals surface area contributed by atoms with Crippen LogP contribution < -0.4 is 98.2 Å². The molecule has 0 radical (unpaired) electrons. The average Bonchev–Trinajstić information content (AvgIpc) is 1.63. The second kappa shape index (κ2) is 46.4. The molecular formula is C67H112N20O21. The first-order valence-electron chi connectivity index (χ1n) is 36.1. The van der Waals surface area contributed by atoms with Gasteiger partial charge in [-0.1, -0.05) is 68.2 Å². The molecule has 41 heteroatoms. The van der Waals surface area contributed by atoms with Crippen LogP contribution in [0.5, 0.6) is 0 Å². The SMILES string of the molecule is CC[C@H](C)[C@H](NC(=O)CNC(=O)[C@H](CCC(N)=O)NC(=O)CNC(=O)CNC(=O)[C@@H](N)C(C)C)C(=O)N[C@H](C(=O)N[C@@H](CCC(N)=O)C(=O)N1CCC[C@H]1C(=O)N[C@@H](CCC(N)=O)C(=O)N[C@@H](CCC(N)=O)C(=O)N1CCC[C@H]1C(=O)N[C@@H](C)C(=O)N[C@@H](CCC(N)=O)C(=O)N[C@@H](CC(C)C)C(=O)O)[C@@H](C)CC. The minimum atomic E-state index is -1.69. The summed E-state index contributed by atoms with van der Waals surface area (Å²) >= 11 is 0. The molecule has 0 unspecified atom stereocenters. The Morgan fingerprint density at radius 3 is 1.17 bits per heavy atom. The Hall–Kier alpha value is -10.6. The number of aliphatic carboxylic acids is 1. The van der Waals surface area contributed by atoms with Crippen molar-refractivity contribution in [1.82, 2.24) is 73.6 Å². The maximum Gasteiger partial charge on any atom is 0.326 e. The number of nitrogens with two attached hydrogens (primary N) is 6. The van der Waals surface area contributed by atoms with Crippen LogP contribution in [-0.2, 0) is 95.9 Å². The third kappa shape index (κ3) is 32.6. The molecule has 25 N–H and O–H groups in total. The number of likely N-dealkylation sites (tertiary alicyclic amines) is 2. The maximum atomic E-state index is 14.7. The topological polar surface area (TPSA) is 669 Å². The van der Waals surface area contributed by atoms with Crippen molar-refractivity contribution in [2.24, 2.45) is 58.1 Å². The van der Waals surface area contributed by atoms with Gasteiger partial charge in [0.2, 0.25) is 112 Å². The second-order valence-corrected chi connectivity index (χ2v) is 27.8. The van der Waals surface area contributed by atoms with Crippen LogP contribution in [0.1, 0.15) is 171 Å². The van der Waals surface area contributed by atoms with Gasteiger partial charge in [0.15, 0.2) is 0 Å². The zero-order valence-electron chi connectivity index (χ0n) is 62.8. The fourth-order valence-electron chi connectivity index (χ4n) is 11.4. The number of carboxylic acid groups (broad SMARTS) is 1. The molecule has 14 atom stereocenters. The lowest BCUT2D eigenvalue weighted by Crippen LogP contribution is -2.61. The zero-order valence-corrected chi connectivity index (χ0v) is 62.8. The van der Waals surface area contributed by atoms with E-state index in [-0.39, 0.29) is 82.7 Å². The van der Waals surface area contributed by atoms with E-state index in [2.05, 4.69) is 63.8 Å². The molecule has 108 heavy (non-hydrogen) atoms. The summed E-state index contributed by atoms with van der Waals surface area (Å²) in [4.78, 5) is 266. The molecule has 606 valence electrons. The number of primary amides is 5. The summed E-state index contributed by atoms with van der Waals surface area (Å²) < 4.78 is 0. The largest absolute Gasteiger partial charge is 0.480 e. The van der Waals surface area contributed by atoms with Gasteiger partial charge >= 0.3 is 5.97 Å². The Morgan fingerprint density at radius 2 is 0.741 bits per heavy atom. The van der Waals surface area contributed by atoms with Gasteiger partial charge in [-0.05, 0) is 94.8 Å². The Labute approximate surface area is 625 Å². The van der Waals surface area contributed by atoms with Crippen LogP contribution in [0.2, 0.25) is 0 Å². The number of hydrogen-bond donors (Lipinski definition) is 19. The Morgan fingerprint density at radius 1 is 0.389 bits per heavy atom. The fourth-order valence-corrected chi connectivity index (χ4v) is 11.4. The number of rotatable bonds is 49. The highest BCUT2D eigenvalue weighted by Crippen LogP contribution is 2.24. The Bertz CT molecular complexity index is 3260. The third-order valence-corrected chi connectivity index (χ3v) is 18.2. The Kier molecular flexibility index (Phi) is 40.2. The molecule has 0 bridgehead atoms. The molecular weight excluding hydrogens is 1420 g/mol. The third-order valence-electron chi connectivity index (χ3n) is 18.2. The van der Waals surface area contributed by atoms with Crippen LogP contribution in [0.25, 0.3) is 0 Å². The summed E-state index contributed by atoms with van der Waals surface area (Å²) in [5.41, 5.74) is 32.9. The molecule has 2 fully saturated rings. The van der Waals surface area contributed by atoms with Crippen LogP contribution in [-0.4, -0.2) is 238 Å². The van der Waals surface area contributed by atoms with E-state index in [1.807, 2.05) is 0 Å². The number of carbonyl (C=O) groups excluding carboxylic acids is 19. The lowest BCUT2D eigenvalue weighted by molar-refractivity contribution is -0.144. The van der Waals surface area contributed by atoms with Gasteiger partial charge in [-0.25, -0.2) is 4.79 Å². The number of amides is 19. The molecule has 2 rings (SSSR count). The van der Waals surface area contributed by atoms with Crippen LogP contribution >= 0.6 is 0 Å². The van der Waals surface area contributed by atoms with E-state index in [9.17, 15) is 101 Å². The first-order chi connectivity index (χ1) is 50.5. The van der Waals surface area contributed by atoms with E-state index in [1.165, 1.54) is 6.92 Å². The molecule has 0 aromatic heterocycles. The second-order valence-electron chi connectivity index (χ2n) is 27.8. The summed E-state index contributed by atoms with van der Waals surface area (Å²) in [7, 11) is 0. The number of carbonyl (C=O) groups is 20. The van der Waals surface area contributed by atoms with Gasteiger partial charge in [0.1, 0.15) is 66.5 Å². The van der Waals surface area contributed by atoms with Crippen molar-refractivity contribution in [3.8, 4) is 0 Å². The van der Waals surface area contributed by atoms with Crippen LogP contribution in [0.3, 0.4) is 0 Å². The van der Waals surface area contributed by atoms with E-state index < -0.39 is 274 Å². The maximum absolute atomic E-state index is 14.7. The quantitative estimate of drug-likeness (QED) is 0.0269. The molecule has 41 nitrogen and oxygen atoms in total. The van der Waals surface area contributed by atoms with Crippen LogP contribution in [0.4, 0.5) is 0 Å². The van der Waals surface area contributed by atoms with E-state index in [4.69, 9.17) is 34.4 Å².